The third-order valence-corrected chi connectivity index (χ3v) is 9.30. The quantitative estimate of drug-likeness (QED) is 0.147. The van der Waals surface area contributed by atoms with Crippen molar-refractivity contribution >= 4 is 72.5 Å². The van der Waals surface area contributed by atoms with Gasteiger partial charge < -0.3 is 19.3 Å². The van der Waals surface area contributed by atoms with E-state index in [2.05, 4.69) is 77.1 Å². The van der Waals surface area contributed by atoms with Gasteiger partial charge in [0.25, 0.3) is 0 Å². The molecule has 2 amide bonds. The molecule has 4 heterocycles. The van der Waals surface area contributed by atoms with Gasteiger partial charge in [0.15, 0.2) is 0 Å². The Balaban J connectivity index is 0.000000171. The van der Waals surface area contributed by atoms with Gasteiger partial charge in [-0.2, -0.15) is 10.2 Å². The third-order valence-electron chi connectivity index (χ3n) is 7.56. The summed E-state index contributed by atoms with van der Waals surface area (Å²) in [6.45, 7) is 14.6. The van der Waals surface area contributed by atoms with Crippen LogP contribution < -0.4 is 0 Å². The van der Waals surface area contributed by atoms with Gasteiger partial charge in [-0.05, 0) is 109 Å². The number of alkyl halides is 1. The summed E-state index contributed by atoms with van der Waals surface area (Å²) >= 11 is 5.82. The molecule has 0 atom stereocenters. The molecule has 2 fully saturated rings. The number of carbonyl (C=O) groups is 2. The van der Waals surface area contributed by atoms with Crippen LogP contribution in [0.15, 0.2) is 53.3 Å². The minimum atomic E-state index is -0.430. The smallest absolute Gasteiger partial charge is 0.410 e. The van der Waals surface area contributed by atoms with Gasteiger partial charge in [0, 0.05) is 45.3 Å². The van der Waals surface area contributed by atoms with Crippen molar-refractivity contribution in [3.63, 3.8) is 0 Å². The first-order valence-electron chi connectivity index (χ1n) is 15.8. The number of ether oxygens (including phenoxy) is 2. The number of benzene rings is 2. The SMILES string of the molecule is Brc1ccc2[nH]ncc2c1.CC(C)(C)OC(=O)N1CCC(I)CC1.CC(C)(C)OC(=O)N1CCC(c2ccc3[nH]ncc3c2)CC1. The Morgan fingerprint density at radius 2 is 1.22 bits per heavy atom. The van der Waals surface area contributed by atoms with Gasteiger partial charge in [0.05, 0.1) is 23.4 Å². The number of rotatable bonds is 1. The monoisotopic (exact) mass is 808 g/mol. The highest BCUT2D eigenvalue weighted by atomic mass is 127. The van der Waals surface area contributed by atoms with E-state index >= 15 is 0 Å². The second-order valence-corrected chi connectivity index (χ2v) is 16.4. The minimum absolute atomic E-state index is 0.166. The Morgan fingerprint density at radius 3 is 1.72 bits per heavy atom. The molecular weight excluding hydrogens is 763 g/mol. The molecule has 0 spiro atoms. The zero-order valence-corrected chi connectivity index (χ0v) is 31.4. The molecular formula is C34H46BrIN6O4. The molecule has 250 valence electrons. The lowest BCUT2D eigenvalue weighted by molar-refractivity contribution is 0.0200. The molecule has 0 bridgehead atoms. The first-order chi connectivity index (χ1) is 21.7. The number of likely N-dealkylation sites (tertiary alicyclic amines) is 2. The summed E-state index contributed by atoms with van der Waals surface area (Å²) in [7, 11) is 0. The van der Waals surface area contributed by atoms with Crippen molar-refractivity contribution in [3.05, 3.63) is 58.8 Å². The van der Waals surface area contributed by atoms with E-state index in [1.54, 1.807) is 11.1 Å². The second kappa shape index (κ2) is 15.8. The van der Waals surface area contributed by atoms with Gasteiger partial charge in [0.2, 0.25) is 0 Å². The van der Waals surface area contributed by atoms with E-state index in [0.29, 0.717) is 9.84 Å². The summed E-state index contributed by atoms with van der Waals surface area (Å²) < 4.78 is 12.5. The van der Waals surface area contributed by atoms with Gasteiger partial charge in [-0.15, -0.1) is 0 Å². The zero-order valence-electron chi connectivity index (χ0n) is 27.6. The molecule has 12 heteroatoms. The van der Waals surface area contributed by atoms with Crippen LogP contribution in [-0.2, 0) is 9.47 Å². The van der Waals surface area contributed by atoms with E-state index < -0.39 is 5.60 Å². The number of piperidine rings is 2. The predicted octanol–water partition coefficient (Wildman–Crippen LogP) is 8.82. The highest BCUT2D eigenvalue weighted by molar-refractivity contribution is 14.1. The van der Waals surface area contributed by atoms with Crippen LogP contribution >= 0.6 is 38.5 Å². The molecule has 0 radical (unpaired) electrons. The molecule has 46 heavy (non-hydrogen) atoms. The van der Waals surface area contributed by atoms with Crippen molar-refractivity contribution in [3.8, 4) is 0 Å². The molecule has 4 aromatic rings. The summed E-state index contributed by atoms with van der Waals surface area (Å²) in [5, 5.41) is 16.1. The number of hydrogen-bond donors (Lipinski definition) is 2. The fourth-order valence-electron chi connectivity index (χ4n) is 5.21. The molecule has 2 saturated heterocycles. The number of nitrogens with one attached hydrogen (secondary N) is 2. The molecule has 2 N–H and O–H groups in total. The summed E-state index contributed by atoms with van der Waals surface area (Å²) in [4.78, 5) is 27.3. The van der Waals surface area contributed by atoms with Gasteiger partial charge >= 0.3 is 12.2 Å². The number of fused-ring (bicyclic) bond motifs is 2. The van der Waals surface area contributed by atoms with E-state index in [4.69, 9.17) is 9.47 Å². The van der Waals surface area contributed by atoms with Crippen LogP contribution in [0.1, 0.15) is 78.7 Å². The zero-order chi connectivity index (χ0) is 33.5. The van der Waals surface area contributed by atoms with Gasteiger partial charge in [0.1, 0.15) is 11.2 Å². The number of halogens is 2. The van der Waals surface area contributed by atoms with Gasteiger partial charge in [-0.3, -0.25) is 10.2 Å². The number of H-pyrrole nitrogens is 2. The Bertz CT molecular complexity index is 1580. The van der Waals surface area contributed by atoms with Crippen LogP contribution in [0.5, 0.6) is 0 Å². The molecule has 2 aliphatic heterocycles. The van der Waals surface area contributed by atoms with Crippen LogP contribution in [0.3, 0.4) is 0 Å². The van der Waals surface area contributed by atoms with Crippen LogP contribution in [-0.4, -0.2) is 83.7 Å². The van der Waals surface area contributed by atoms with Crippen molar-refractivity contribution < 1.29 is 19.1 Å². The Kier molecular flexibility index (Phi) is 12.4. The molecule has 0 saturated carbocycles. The van der Waals surface area contributed by atoms with Crippen molar-refractivity contribution in [2.24, 2.45) is 0 Å². The fourth-order valence-corrected chi connectivity index (χ4v) is 6.14. The van der Waals surface area contributed by atoms with Crippen molar-refractivity contribution in [2.45, 2.75) is 88.3 Å². The van der Waals surface area contributed by atoms with Crippen LogP contribution in [0.2, 0.25) is 0 Å². The van der Waals surface area contributed by atoms with Gasteiger partial charge in [-0.25, -0.2) is 9.59 Å². The summed E-state index contributed by atoms with van der Waals surface area (Å²) in [5.41, 5.74) is 2.66. The number of aromatic amines is 2. The molecule has 0 unspecified atom stereocenters. The lowest BCUT2D eigenvalue weighted by atomic mass is 9.89. The van der Waals surface area contributed by atoms with E-state index in [-0.39, 0.29) is 17.8 Å². The lowest BCUT2D eigenvalue weighted by Crippen LogP contribution is -2.41. The second-order valence-electron chi connectivity index (χ2n) is 13.7. The molecule has 2 aliphatic rings. The first kappa shape index (κ1) is 36.0. The Labute approximate surface area is 293 Å². The fraction of sp³-hybridized carbons (Fsp3) is 0.529. The van der Waals surface area contributed by atoms with Crippen LogP contribution in [0.25, 0.3) is 21.8 Å². The topological polar surface area (TPSA) is 116 Å². The summed E-state index contributed by atoms with van der Waals surface area (Å²) in [6.07, 6.45) is 7.41. The van der Waals surface area contributed by atoms with Crippen molar-refractivity contribution in [2.75, 3.05) is 26.2 Å². The molecule has 6 rings (SSSR count). The van der Waals surface area contributed by atoms with E-state index in [9.17, 15) is 9.59 Å². The molecule has 2 aromatic carbocycles. The molecule has 0 aliphatic carbocycles. The number of hydrogen-bond acceptors (Lipinski definition) is 6. The maximum atomic E-state index is 12.1. The van der Waals surface area contributed by atoms with E-state index in [1.807, 2.05) is 70.8 Å². The number of nitrogens with zero attached hydrogens (tertiary/aromatic N) is 4. The predicted molar refractivity (Wildman–Crippen MR) is 195 cm³/mol. The largest absolute Gasteiger partial charge is 0.444 e. The summed E-state index contributed by atoms with van der Waals surface area (Å²) in [6, 6.07) is 12.4. The van der Waals surface area contributed by atoms with E-state index in [0.717, 1.165) is 78.1 Å². The summed E-state index contributed by atoms with van der Waals surface area (Å²) in [5.74, 6) is 0.498. The Morgan fingerprint density at radius 1 is 0.761 bits per heavy atom. The highest BCUT2D eigenvalue weighted by Crippen LogP contribution is 2.30. The third kappa shape index (κ3) is 11.1. The number of carbonyl (C=O) groups excluding carboxylic acids is 2. The average Bonchev–Trinajstić information content (AvgIpc) is 3.65. The van der Waals surface area contributed by atoms with E-state index in [1.165, 1.54) is 5.56 Å². The van der Waals surface area contributed by atoms with Crippen LogP contribution in [0.4, 0.5) is 9.59 Å². The lowest BCUT2D eigenvalue weighted by Gasteiger charge is -2.33. The number of aromatic nitrogens is 4. The van der Waals surface area contributed by atoms with Crippen molar-refractivity contribution in [1.82, 2.24) is 30.2 Å². The standard InChI is InChI=1S/C17H23N3O2.C10H18INO2.C7H5BrN2/c1-17(2,3)22-16(21)20-8-6-12(7-9-20)13-4-5-15-14(10-13)11-18-19-15;1-10(2,3)14-9(13)12-6-4-8(11)5-7-12;8-6-1-2-7-5(3-6)4-9-10-7/h4-5,10-12H,6-9H2,1-3H3,(H,18,19);8H,4-7H2,1-3H3;1-4H,(H,9,10). The average molecular weight is 810 g/mol. The maximum absolute atomic E-state index is 12.1. The molecule has 10 nitrogen and oxygen atoms in total. The van der Waals surface area contributed by atoms with Gasteiger partial charge in [-0.1, -0.05) is 44.6 Å². The first-order valence-corrected chi connectivity index (χ1v) is 17.8. The maximum Gasteiger partial charge on any atom is 0.410 e. The normalized spacial score (nSPS) is 16.3. The van der Waals surface area contributed by atoms with Crippen molar-refractivity contribution in [1.29, 1.82) is 0 Å². The minimum Gasteiger partial charge on any atom is -0.444 e. The Hall–Kier alpha value is -2.87. The highest BCUT2D eigenvalue weighted by Gasteiger charge is 2.28. The van der Waals surface area contributed by atoms with Crippen LogP contribution in [0, 0.1) is 0 Å². The number of amides is 2. The molecule has 2 aromatic heterocycles.